The van der Waals surface area contributed by atoms with Gasteiger partial charge in [0, 0.05) is 25.5 Å². The van der Waals surface area contributed by atoms with E-state index < -0.39 is 0 Å². The lowest BCUT2D eigenvalue weighted by atomic mass is 10.1. The van der Waals surface area contributed by atoms with Gasteiger partial charge in [-0.1, -0.05) is 6.92 Å². The summed E-state index contributed by atoms with van der Waals surface area (Å²) in [6.07, 6.45) is 8.29. The van der Waals surface area contributed by atoms with Gasteiger partial charge in [0.05, 0.1) is 6.33 Å². The zero-order valence-electron chi connectivity index (χ0n) is 10.8. The molecule has 1 saturated heterocycles. The normalized spacial score (nSPS) is 21.1. The van der Waals surface area contributed by atoms with Crippen molar-refractivity contribution in [2.45, 2.75) is 26.3 Å². The van der Waals surface area contributed by atoms with Crippen LogP contribution in [0.3, 0.4) is 0 Å². The molecule has 1 fully saturated rings. The minimum absolute atomic E-state index is 0.864. The Morgan fingerprint density at radius 1 is 1.47 bits per heavy atom. The molecule has 2 rings (SSSR count). The molecule has 0 radical (unpaired) electrons. The Hall–Kier alpha value is -0.870. The van der Waals surface area contributed by atoms with Crippen molar-refractivity contribution in [2.75, 3.05) is 32.7 Å². The van der Waals surface area contributed by atoms with Crippen molar-refractivity contribution >= 4 is 0 Å². The van der Waals surface area contributed by atoms with Gasteiger partial charge in [0.1, 0.15) is 0 Å². The maximum atomic E-state index is 4.04. The van der Waals surface area contributed by atoms with E-state index in [1.165, 1.54) is 39.0 Å². The number of imidazole rings is 1. The van der Waals surface area contributed by atoms with Crippen molar-refractivity contribution in [3.05, 3.63) is 18.7 Å². The summed E-state index contributed by atoms with van der Waals surface area (Å²) in [4.78, 5) is 6.58. The summed E-state index contributed by atoms with van der Waals surface area (Å²) < 4.78 is 2.13. The van der Waals surface area contributed by atoms with Crippen LogP contribution >= 0.6 is 0 Å². The number of rotatable bonds is 7. The molecule has 2 heterocycles. The van der Waals surface area contributed by atoms with Crippen molar-refractivity contribution < 1.29 is 0 Å². The first kappa shape index (κ1) is 12.6. The van der Waals surface area contributed by atoms with Crippen molar-refractivity contribution in [2.24, 2.45) is 5.92 Å². The fraction of sp³-hybridized carbons (Fsp3) is 0.769. The third-order valence-electron chi connectivity index (χ3n) is 3.58. The Morgan fingerprint density at radius 3 is 3.12 bits per heavy atom. The van der Waals surface area contributed by atoms with Crippen LogP contribution in [0.25, 0.3) is 0 Å². The van der Waals surface area contributed by atoms with Gasteiger partial charge in [-0.25, -0.2) is 4.98 Å². The van der Waals surface area contributed by atoms with Gasteiger partial charge in [0.25, 0.3) is 0 Å². The van der Waals surface area contributed by atoms with Gasteiger partial charge in [-0.15, -0.1) is 0 Å². The average molecular weight is 236 g/mol. The van der Waals surface area contributed by atoms with Crippen LogP contribution in [0.5, 0.6) is 0 Å². The Labute approximate surface area is 104 Å². The van der Waals surface area contributed by atoms with Crippen LogP contribution in [0, 0.1) is 5.92 Å². The van der Waals surface area contributed by atoms with E-state index in [2.05, 4.69) is 26.7 Å². The fourth-order valence-electron chi connectivity index (χ4n) is 2.48. The second kappa shape index (κ2) is 6.77. The van der Waals surface area contributed by atoms with E-state index in [-0.39, 0.29) is 0 Å². The number of likely N-dealkylation sites (tertiary alicyclic amines) is 1. The molecule has 0 amide bonds. The zero-order valence-corrected chi connectivity index (χ0v) is 10.8. The molecule has 1 aliphatic heterocycles. The highest BCUT2D eigenvalue weighted by molar-refractivity contribution is 4.76. The first-order valence-corrected chi connectivity index (χ1v) is 6.77. The SMILES string of the molecule is CCN1CCC(CNCCCn2ccnc2)C1. The molecule has 0 bridgehead atoms. The third kappa shape index (κ3) is 4.13. The Kier molecular flexibility index (Phi) is 5.01. The lowest BCUT2D eigenvalue weighted by molar-refractivity contribution is 0.338. The highest BCUT2D eigenvalue weighted by Gasteiger charge is 2.20. The van der Waals surface area contributed by atoms with Crippen LogP contribution in [0.4, 0.5) is 0 Å². The van der Waals surface area contributed by atoms with Gasteiger partial charge in [-0.3, -0.25) is 0 Å². The van der Waals surface area contributed by atoms with E-state index in [1.807, 2.05) is 18.7 Å². The second-order valence-corrected chi connectivity index (χ2v) is 4.91. The Morgan fingerprint density at radius 2 is 2.41 bits per heavy atom. The summed E-state index contributed by atoms with van der Waals surface area (Å²) >= 11 is 0. The maximum Gasteiger partial charge on any atom is 0.0945 e. The molecule has 0 spiro atoms. The molecule has 1 unspecified atom stereocenters. The number of hydrogen-bond donors (Lipinski definition) is 1. The van der Waals surface area contributed by atoms with Crippen LogP contribution in [0.2, 0.25) is 0 Å². The molecule has 1 aromatic rings. The highest BCUT2D eigenvalue weighted by atomic mass is 15.1. The van der Waals surface area contributed by atoms with Crippen LogP contribution in [0.15, 0.2) is 18.7 Å². The lowest BCUT2D eigenvalue weighted by Crippen LogP contribution is -2.27. The van der Waals surface area contributed by atoms with Crippen molar-refractivity contribution in [1.82, 2.24) is 19.8 Å². The quantitative estimate of drug-likeness (QED) is 0.722. The van der Waals surface area contributed by atoms with E-state index in [0.717, 1.165) is 19.0 Å². The molecule has 96 valence electrons. The molecule has 1 atom stereocenters. The number of nitrogens with zero attached hydrogens (tertiary/aromatic N) is 3. The summed E-state index contributed by atoms with van der Waals surface area (Å²) in [6.45, 7) is 9.39. The van der Waals surface area contributed by atoms with Crippen molar-refractivity contribution in [1.29, 1.82) is 0 Å². The summed E-state index contributed by atoms with van der Waals surface area (Å²) in [5, 5.41) is 3.57. The molecule has 1 N–H and O–H groups in total. The summed E-state index contributed by atoms with van der Waals surface area (Å²) in [5.74, 6) is 0.864. The molecular formula is C13H24N4. The molecule has 4 nitrogen and oxygen atoms in total. The molecule has 4 heteroatoms. The fourth-order valence-corrected chi connectivity index (χ4v) is 2.48. The largest absolute Gasteiger partial charge is 0.337 e. The van der Waals surface area contributed by atoms with E-state index in [1.54, 1.807) is 0 Å². The van der Waals surface area contributed by atoms with Crippen molar-refractivity contribution in [3.8, 4) is 0 Å². The van der Waals surface area contributed by atoms with E-state index in [0.29, 0.717) is 0 Å². The predicted molar refractivity (Wildman–Crippen MR) is 69.9 cm³/mol. The van der Waals surface area contributed by atoms with Gasteiger partial charge < -0.3 is 14.8 Å². The van der Waals surface area contributed by atoms with Crippen LogP contribution in [-0.4, -0.2) is 47.2 Å². The minimum Gasteiger partial charge on any atom is -0.337 e. The molecular weight excluding hydrogens is 212 g/mol. The van der Waals surface area contributed by atoms with E-state index >= 15 is 0 Å². The van der Waals surface area contributed by atoms with Crippen LogP contribution < -0.4 is 5.32 Å². The lowest BCUT2D eigenvalue weighted by Gasteiger charge is -2.13. The smallest absolute Gasteiger partial charge is 0.0945 e. The van der Waals surface area contributed by atoms with Gasteiger partial charge >= 0.3 is 0 Å². The van der Waals surface area contributed by atoms with Gasteiger partial charge in [-0.2, -0.15) is 0 Å². The summed E-state index contributed by atoms with van der Waals surface area (Å²) in [7, 11) is 0. The molecule has 1 aromatic heterocycles. The van der Waals surface area contributed by atoms with Gasteiger partial charge in [0.15, 0.2) is 0 Å². The first-order valence-electron chi connectivity index (χ1n) is 6.77. The van der Waals surface area contributed by atoms with E-state index in [4.69, 9.17) is 0 Å². The molecule has 0 aliphatic carbocycles. The number of aryl methyl sites for hydroxylation is 1. The predicted octanol–water partition coefficient (Wildman–Crippen LogP) is 1.20. The molecule has 17 heavy (non-hydrogen) atoms. The van der Waals surface area contributed by atoms with Gasteiger partial charge in [-0.05, 0) is 44.9 Å². The van der Waals surface area contributed by atoms with E-state index in [9.17, 15) is 0 Å². The Bertz CT molecular complexity index is 296. The van der Waals surface area contributed by atoms with Crippen LogP contribution in [0.1, 0.15) is 19.8 Å². The average Bonchev–Trinajstić information content (AvgIpc) is 2.99. The first-order chi connectivity index (χ1) is 8.38. The highest BCUT2D eigenvalue weighted by Crippen LogP contribution is 2.14. The zero-order chi connectivity index (χ0) is 11.9. The molecule has 1 aliphatic rings. The summed E-state index contributed by atoms with van der Waals surface area (Å²) in [5.41, 5.74) is 0. The van der Waals surface area contributed by atoms with Crippen molar-refractivity contribution in [3.63, 3.8) is 0 Å². The maximum absolute atomic E-state index is 4.04. The van der Waals surface area contributed by atoms with Gasteiger partial charge in [0.2, 0.25) is 0 Å². The second-order valence-electron chi connectivity index (χ2n) is 4.91. The number of nitrogens with one attached hydrogen (secondary N) is 1. The topological polar surface area (TPSA) is 33.1 Å². The number of aromatic nitrogens is 2. The molecule has 0 aromatic carbocycles. The Balaban J connectivity index is 1.49. The monoisotopic (exact) mass is 236 g/mol. The summed E-state index contributed by atoms with van der Waals surface area (Å²) in [6, 6.07) is 0. The number of hydrogen-bond acceptors (Lipinski definition) is 3. The van der Waals surface area contributed by atoms with Crippen LogP contribution in [-0.2, 0) is 6.54 Å². The minimum atomic E-state index is 0.864. The standard InChI is InChI=1S/C13H24N4/c1-2-16-8-4-13(11-16)10-14-5-3-7-17-9-6-15-12-17/h6,9,12-14H,2-5,7-8,10-11H2,1H3. The molecule has 0 saturated carbocycles. The third-order valence-corrected chi connectivity index (χ3v) is 3.58.